The third-order valence-corrected chi connectivity index (χ3v) is 6.60. The number of carbonyl (C=O) groups excluding carboxylic acids is 3. The van der Waals surface area contributed by atoms with Gasteiger partial charge in [0.05, 0.1) is 28.3 Å². The summed E-state index contributed by atoms with van der Waals surface area (Å²) in [4.78, 5) is 55.1. The highest BCUT2D eigenvalue weighted by Crippen LogP contribution is 2.23. The fourth-order valence-electron chi connectivity index (χ4n) is 3.56. The molecule has 0 aliphatic rings. The molecule has 188 valence electrons. The van der Waals surface area contributed by atoms with Gasteiger partial charge in [0.25, 0.3) is 17.4 Å². The summed E-state index contributed by atoms with van der Waals surface area (Å²) in [6.07, 6.45) is 2.92. The van der Waals surface area contributed by atoms with Crippen LogP contribution in [0.25, 0.3) is 5.69 Å². The molecule has 0 fully saturated rings. The molecule has 4 aromatic rings. The number of nitrogens with zero attached hydrogens (tertiary/aromatic N) is 3. The Morgan fingerprint density at radius 2 is 1.62 bits per heavy atom. The molecule has 0 bridgehead atoms. The maximum atomic E-state index is 13.0. The van der Waals surface area contributed by atoms with Crippen LogP contribution in [0.1, 0.15) is 26.4 Å². The Bertz CT molecular complexity index is 1500. The number of hydrazine groups is 1. The zero-order chi connectivity index (χ0) is 26.4. The Kier molecular flexibility index (Phi) is 7.84. The van der Waals surface area contributed by atoms with Crippen LogP contribution in [0.4, 0.5) is 5.69 Å². The number of amides is 3. The lowest BCUT2D eigenvalue weighted by atomic mass is 10.2. The van der Waals surface area contributed by atoms with Gasteiger partial charge in [0.2, 0.25) is 5.91 Å². The van der Waals surface area contributed by atoms with E-state index < -0.39 is 17.7 Å². The quantitative estimate of drug-likeness (QED) is 0.256. The smallest absolute Gasteiger partial charge is 0.295 e. The number of hydrogen-bond donors (Lipinski definition) is 3. The summed E-state index contributed by atoms with van der Waals surface area (Å²) in [5, 5.41) is 2.71. The van der Waals surface area contributed by atoms with Crippen molar-refractivity contribution in [3.05, 3.63) is 106 Å². The molecular weight excluding hydrogens is 492 g/mol. The van der Waals surface area contributed by atoms with E-state index in [2.05, 4.69) is 21.2 Å². The molecular formula is C26H24N6O4S. The van der Waals surface area contributed by atoms with E-state index in [0.717, 1.165) is 11.8 Å². The van der Waals surface area contributed by atoms with Crippen LogP contribution >= 0.6 is 11.8 Å². The van der Waals surface area contributed by atoms with Crippen molar-refractivity contribution in [2.45, 2.75) is 11.8 Å². The second-order valence-corrected chi connectivity index (χ2v) is 8.94. The second-order valence-electron chi connectivity index (χ2n) is 7.92. The molecule has 0 atom stereocenters. The molecule has 0 unspecified atom stereocenters. The summed E-state index contributed by atoms with van der Waals surface area (Å²) in [7, 11) is 1.75. The number of nitrogens with one attached hydrogen (secondary N) is 3. The van der Waals surface area contributed by atoms with Gasteiger partial charge in [-0.2, -0.15) is 0 Å². The molecule has 2 aromatic carbocycles. The van der Waals surface area contributed by atoms with E-state index in [4.69, 9.17) is 0 Å². The van der Waals surface area contributed by atoms with Crippen molar-refractivity contribution in [2.24, 2.45) is 7.05 Å². The van der Waals surface area contributed by atoms with Crippen molar-refractivity contribution in [3.8, 4) is 5.69 Å². The Morgan fingerprint density at radius 3 is 2.35 bits per heavy atom. The number of benzene rings is 2. The molecule has 37 heavy (non-hydrogen) atoms. The van der Waals surface area contributed by atoms with Crippen LogP contribution in [-0.2, 0) is 11.8 Å². The summed E-state index contributed by atoms with van der Waals surface area (Å²) in [6.45, 7) is 1.75. The van der Waals surface area contributed by atoms with Gasteiger partial charge in [-0.25, -0.2) is 4.68 Å². The predicted molar refractivity (Wildman–Crippen MR) is 141 cm³/mol. The van der Waals surface area contributed by atoms with E-state index in [9.17, 15) is 19.2 Å². The SMILES string of the molecule is Cc1c(NC(=O)CSc2ccccc2C(=O)NNC(=O)c2cccnc2)c(=O)n(-c2ccccc2)n1C. The van der Waals surface area contributed by atoms with Gasteiger partial charge in [0.1, 0.15) is 5.69 Å². The van der Waals surface area contributed by atoms with E-state index in [1.165, 1.54) is 17.1 Å². The van der Waals surface area contributed by atoms with Crippen molar-refractivity contribution in [1.29, 1.82) is 0 Å². The van der Waals surface area contributed by atoms with Gasteiger partial charge in [-0.15, -0.1) is 11.8 Å². The minimum Gasteiger partial charge on any atom is -0.319 e. The highest BCUT2D eigenvalue weighted by Gasteiger charge is 2.19. The molecule has 3 N–H and O–H groups in total. The number of rotatable bonds is 7. The molecule has 3 amide bonds. The molecule has 0 saturated heterocycles. The third-order valence-electron chi connectivity index (χ3n) is 5.52. The number of aromatic nitrogens is 3. The molecule has 2 heterocycles. The van der Waals surface area contributed by atoms with E-state index >= 15 is 0 Å². The molecule has 10 nitrogen and oxygen atoms in total. The van der Waals surface area contributed by atoms with E-state index in [1.807, 2.05) is 30.3 Å². The van der Waals surface area contributed by atoms with Crippen LogP contribution in [0.5, 0.6) is 0 Å². The average molecular weight is 517 g/mol. The first-order valence-corrected chi connectivity index (χ1v) is 12.2. The molecule has 0 radical (unpaired) electrons. The van der Waals surface area contributed by atoms with Gasteiger partial charge >= 0.3 is 0 Å². The van der Waals surface area contributed by atoms with Crippen molar-refractivity contribution >= 4 is 35.2 Å². The zero-order valence-electron chi connectivity index (χ0n) is 20.1. The van der Waals surface area contributed by atoms with Crippen LogP contribution in [0.2, 0.25) is 0 Å². The van der Waals surface area contributed by atoms with E-state index in [1.54, 1.807) is 55.1 Å². The lowest BCUT2D eigenvalue weighted by molar-refractivity contribution is -0.113. The first kappa shape index (κ1) is 25.5. The van der Waals surface area contributed by atoms with E-state index in [-0.39, 0.29) is 22.6 Å². The van der Waals surface area contributed by atoms with Gasteiger partial charge in [-0.3, -0.25) is 39.7 Å². The standard InChI is InChI=1S/C26H24N6O4S/c1-17-23(26(36)32(31(17)2)19-10-4-3-5-11-19)28-22(33)16-37-21-13-7-6-12-20(21)25(35)30-29-24(34)18-9-8-14-27-15-18/h3-15H,16H2,1-2H3,(H,28,33)(H,29,34)(H,30,35). The Morgan fingerprint density at radius 1 is 0.919 bits per heavy atom. The number of hydrogen-bond acceptors (Lipinski definition) is 6. The largest absolute Gasteiger partial charge is 0.319 e. The van der Waals surface area contributed by atoms with Gasteiger partial charge in [-0.05, 0) is 43.3 Å². The van der Waals surface area contributed by atoms with Crippen LogP contribution in [-0.4, -0.2) is 37.8 Å². The van der Waals surface area contributed by atoms with Gasteiger partial charge in [0.15, 0.2) is 0 Å². The lowest BCUT2D eigenvalue weighted by Crippen LogP contribution is -2.41. The summed E-state index contributed by atoms with van der Waals surface area (Å²) in [6, 6.07) is 19.0. The maximum absolute atomic E-state index is 13.0. The Labute approximate surface area is 216 Å². The summed E-state index contributed by atoms with van der Waals surface area (Å²) < 4.78 is 3.16. The minimum absolute atomic E-state index is 0.0363. The Balaban J connectivity index is 1.41. The first-order chi connectivity index (χ1) is 17.9. The molecule has 0 spiro atoms. The molecule has 0 aliphatic heterocycles. The fourth-order valence-corrected chi connectivity index (χ4v) is 4.41. The maximum Gasteiger partial charge on any atom is 0.295 e. The third kappa shape index (κ3) is 5.78. The van der Waals surface area contributed by atoms with Crippen molar-refractivity contribution < 1.29 is 14.4 Å². The van der Waals surface area contributed by atoms with Crippen LogP contribution in [0.15, 0.2) is 88.8 Å². The van der Waals surface area contributed by atoms with Crippen molar-refractivity contribution in [3.63, 3.8) is 0 Å². The van der Waals surface area contributed by atoms with Crippen molar-refractivity contribution in [2.75, 3.05) is 11.1 Å². The molecule has 0 saturated carbocycles. The number of carbonyl (C=O) groups is 3. The zero-order valence-corrected chi connectivity index (χ0v) is 20.9. The summed E-state index contributed by atoms with van der Waals surface area (Å²) in [5.41, 5.74) is 6.46. The van der Waals surface area contributed by atoms with Gasteiger partial charge < -0.3 is 5.32 Å². The van der Waals surface area contributed by atoms with Crippen LogP contribution in [0.3, 0.4) is 0 Å². The number of thioether (sulfide) groups is 1. The number of para-hydroxylation sites is 1. The van der Waals surface area contributed by atoms with Gasteiger partial charge in [0, 0.05) is 24.3 Å². The average Bonchev–Trinajstić information content (AvgIpc) is 3.14. The molecule has 4 rings (SSSR count). The Hall–Kier alpha value is -4.64. The second kappa shape index (κ2) is 11.4. The number of anilines is 1. The monoisotopic (exact) mass is 516 g/mol. The highest BCUT2D eigenvalue weighted by atomic mass is 32.2. The molecule has 11 heteroatoms. The summed E-state index contributed by atoms with van der Waals surface area (Å²) in [5.74, 6) is -1.47. The summed E-state index contributed by atoms with van der Waals surface area (Å²) >= 11 is 1.14. The molecule has 0 aliphatic carbocycles. The van der Waals surface area contributed by atoms with Crippen molar-refractivity contribution in [1.82, 2.24) is 25.2 Å². The highest BCUT2D eigenvalue weighted by molar-refractivity contribution is 8.00. The number of pyridine rings is 1. The van der Waals surface area contributed by atoms with E-state index in [0.29, 0.717) is 21.8 Å². The molecule has 2 aromatic heterocycles. The van der Waals surface area contributed by atoms with Crippen LogP contribution in [0, 0.1) is 6.92 Å². The first-order valence-electron chi connectivity index (χ1n) is 11.2. The normalized spacial score (nSPS) is 10.5. The van der Waals surface area contributed by atoms with Crippen LogP contribution < -0.4 is 21.7 Å². The van der Waals surface area contributed by atoms with Gasteiger partial charge in [-0.1, -0.05) is 30.3 Å². The topological polar surface area (TPSA) is 127 Å². The minimum atomic E-state index is -0.537. The lowest BCUT2D eigenvalue weighted by Gasteiger charge is -2.11. The predicted octanol–water partition coefficient (Wildman–Crippen LogP) is 2.69. The fraction of sp³-hybridized carbons (Fsp3) is 0.115.